The van der Waals surface area contributed by atoms with Crippen LogP contribution in [-0.4, -0.2) is 10.9 Å². The van der Waals surface area contributed by atoms with Crippen LogP contribution in [0.2, 0.25) is 0 Å². The summed E-state index contributed by atoms with van der Waals surface area (Å²) in [5.74, 6) is 0.654. The van der Waals surface area contributed by atoms with Crippen LogP contribution in [-0.2, 0) is 28.4 Å². The summed E-state index contributed by atoms with van der Waals surface area (Å²) in [6.07, 6.45) is 20.7. The number of hydrogen-bond acceptors (Lipinski definition) is 2. The molecule has 3 rings (SSSR count). The zero-order valence-electron chi connectivity index (χ0n) is 11.4. The first-order valence-electron chi connectivity index (χ1n) is 6.42. The number of hydrogen-bond donors (Lipinski definition) is 1. The van der Waals surface area contributed by atoms with Crippen LogP contribution in [0.5, 0.6) is 0 Å². The molecule has 0 aliphatic heterocycles. The van der Waals surface area contributed by atoms with Crippen molar-refractivity contribution in [3.63, 3.8) is 0 Å². The van der Waals surface area contributed by atoms with Crippen molar-refractivity contribution in [3.8, 4) is 0 Å². The third-order valence-corrected chi connectivity index (χ3v) is 2.68. The predicted molar refractivity (Wildman–Crippen MR) is 78.0 cm³/mol. The van der Waals surface area contributed by atoms with Crippen LogP contribution < -0.4 is 5.32 Å². The van der Waals surface area contributed by atoms with E-state index in [0.717, 1.165) is 5.56 Å². The van der Waals surface area contributed by atoms with Crippen molar-refractivity contribution in [1.82, 2.24) is 10.3 Å². The molecule has 0 spiro atoms. The Bertz CT molecular complexity index is 379. The number of carbonyl (C=O) groups is 1. The summed E-state index contributed by atoms with van der Waals surface area (Å²) in [5, 5.41) is 2.83. The van der Waals surface area contributed by atoms with E-state index in [-0.39, 0.29) is 23.0 Å². The van der Waals surface area contributed by atoms with Gasteiger partial charge in [0.1, 0.15) is 0 Å². The van der Waals surface area contributed by atoms with Crippen LogP contribution in [0.1, 0.15) is 5.56 Å². The minimum absolute atomic E-state index is 0. The molecule has 2 aliphatic rings. The first-order valence-corrected chi connectivity index (χ1v) is 6.42. The molecule has 1 amide bonds. The molecule has 4 heteroatoms. The van der Waals surface area contributed by atoms with E-state index >= 15 is 0 Å². The average molecular weight is 320 g/mol. The summed E-state index contributed by atoms with van der Waals surface area (Å²) in [6.45, 7) is 0.534. The number of nitrogens with zero attached hydrogens (tertiary/aromatic N) is 1. The SMILES string of the molecule is O=C(NCc1ccncc1)[C]1[CH][CH][CH][CH]1.[CH]1[CH][CH][CH][CH]1.[Fe+2]. The molecule has 3 nitrogen and oxygen atoms in total. The molecular formula is C17H16FeN2O+2. The first-order chi connectivity index (χ1) is 9.86. The van der Waals surface area contributed by atoms with E-state index in [1.165, 1.54) is 0 Å². The fraction of sp³-hybridized carbons (Fsp3) is 0.0588. The average Bonchev–Trinajstić information content (AvgIpc) is 3.20. The molecule has 2 aliphatic carbocycles. The van der Waals surface area contributed by atoms with Gasteiger partial charge in [-0.3, -0.25) is 9.78 Å². The summed E-state index contributed by atoms with van der Waals surface area (Å²) >= 11 is 0. The topological polar surface area (TPSA) is 42.0 Å². The molecule has 1 aromatic rings. The zero-order valence-corrected chi connectivity index (χ0v) is 12.5. The van der Waals surface area contributed by atoms with Crippen LogP contribution in [0.3, 0.4) is 0 Å². The largest absolute Gasteiger partial charge is 2.00 e. The summed E-state index contributed by atoms with van der Waals surface area (Å²) in [6, 6.07) is 3.76. The van der Waals surface area contributed by atoms with Gasteiger partial charge in [0.25, 0.3) is 0 Å². The van der Waals surface area contributed by atoms with E-state index < -0.39 is 0 Å². The molecule has 2 fully saturated rings. The molecular weight excluding hydrogens is 304 g/mol. The second-order valence-corrected chi connectivity index (χ2v) is 4.17. The molecule has 0 bridgehead atoms. The Morgan fingerprint density at radius 1 is 0.905 bits per heavy atom. The number of pyridine rings is 1. The Kier molecular flexibility index (Phi) is 9.36. The molecule has 21 heavy (non-hydrogen) atoms. The Morgan fingerprint density at radius 3 is 1.95 bits per heavy atom. The van der Waals surface area contributed by atoms with Gasteiger partial charge in [-0.05, 0) is 75.5 Å². The van der Waals surface area contributed by atoms with Gasteiger partial charge in [-0.2, -0.15) is 0 Å². The number of carbonyl (C=O) groups excluding carboxylic acids is 1. The normalized spacial score (nSPS) is 17.5. The summed E-state index contributed by atoms with van der Waals surface area (Å²) in [4.78, 5) is 15.5. The van der Waals surface area contributed by atoms with Crippen LogP contribution in [0, 0.1) is 63.7 Å². The minimum Gasteiger partial charge on any atom is -0.351 e. The van der Waals surface area contributed by atoms with Gasteiger partial charge in [0.2, 0.25) is 5.91 Å². The summed E-state index contributed by atoms with van der Waals surface area (Å²) in [5.41, 5.74) is 1.05. The molecule has 0 atom stereocenters. The molecule has 1 heterocycles. The first kappa shape index (κ1) is 18.2. The smallest absolute Gasteiger partial charge is 0.351 e. The fourth-order valence-electron chi connectivity index (χ4n) is 1.63. The maximum absolute atomic E-state index is 11.6. The van der Waals surface area contributed by atoms with Crippen LogP contribution in [0.25, 0.3) is 0 Å². The number of aromatic nitrogens is 1. The van der Waals surface area contributed by atoms with Gasteiger partial charge >= 0.3 is 17.1 Å². The summed E-state index contributed by atoms with van der Waals surface area (Å²) in [7, 11) is 0. The number of rotatable bonds is 3. The van der Waals surface area contributed by atoms with Gasteiger partial charge in [0, 0.05) is 18.9 Å². The van der Waals surface area contributed by atoms with Crippen molar-refractivity contribution < 1.29 is 21.9 Å². The number of amides is 1. The molecule has 10 radical (unpaired) electrons. The molecule has 0 aromatic carbocycles. The standard InChI is InChI=1S/C12H11N2O.C5H5.Fe/c15-12(11-3-1-2-4-11)14-9-10-5-7-13-8-6-10;1-2-4-5-3-1;/h1-8H,9H2,(H,14,15);1-5H;/q;;+2. The molecule has 0 saturated heterocycles. The number of nitrogens with one attached hydrogen (secondary N) is 1. The van der Waals surface area contributed by atoms with Gasteiger partial charge in [0.15, 0.2) is 0 Å². The molecule has 2 saturated carbocycles. The van der Waals surface area contributed by atoms with E-state index in [4.69, 9.17) is 0 Å². The van der Waals surface area contributed by atoms with Gasteiger partial charge in [0.05, 0.1) is 5.92 Å². The Morgan fingerprint density at radius 2 is 1.43 bits per heavy atom. The Labute approximate surface area is 138 Å². The second kappa shape index (κ2) is 10.8. The van der Waals surface area contributed by atoms with Crippen molar-refractivity contribution in [2.24, 2.45) is 0 Å². The van der Waals surface area contributed by atoms with Crippen molar-refractivity contribution in [2.75, 3.05) is 0 Å². The fourth-order valence-corrected chi connectivity index (χ4v) is 1.63. The van der Waals surface area contributed by atoms with E-state index in [2.05, 4.69) is 10.3 Å². The van der Waals surface area contributed by atoms with Gasteiger partial charge < -0.3 is 5.32 Å². The van der Waals surface area contributed by atoms with E-state index in [0.29, 0.717) is 12.5 Å². The van der Waals surface area contributed by atoms with Gasteiger partial charge in [-0.15, -0.1) is 0 Å². The Balaban J connectivity index is 0.000000313. The maximum Gasteiger partial charge on any atom is 2.00 e. The molecule has 106 valence electrons. The summed E-state index contributed by atoms with van der Waals surface area (Å²) < 4.78 is 0. The minimum atomic E-state index is -0.0446. The van der Waals surface area contributed by atoms with Crippen molar-refractivity contribution in [2.45, 2.75) is 6.54 Å². The van der Waals surface area contributed by atoms with E-state index in [1.54, 1.807) is 25.2 Å². The second-order valence-electron chi connectivity index (χ2n) is 4.17. The van der Waals surface area contributed by atoms with Crippen molar-refractivity contribution >= 4 is 5.91 Å². The van der Waals surface area contributed by atoms with Crippen molar-refractivity contribution in [1.29, 1.82) is 0 Å². The predicted octanol–water partition coefficient (Wildman–Crippen LogP) is 2.12. The zero-order chi connectivity index (χ0) is 14.0. The monoisotopic (exact) mass is 320 g/mol. The molecule has 1 aromatic heterocycles. The van der Waals surface area contributed by atoms with Crippen molar-refractivity contribution in [3.05, 3.63) is 93.8 Å². The molecule has 1 N–H and O–H groups in total. The van der Waals surface area contributed by atoms with Crippen LogP contribution in [0.4, 0.5) is 0 Å². The van der Waals surface area contributed by atoms with E-state index in [1.807, 2.05) is 57.1 Å². The third-order valence-electron chi connectivity index (χ3n) is 2.68. The van der Waals surface area contributed by atoms with Crippen LogP contribution in [0.15, 0.2) is 24.5 Å². The third kappa shape index (κ3) is 7.10. The van der Waals surface area contributed by atoms with Gasteiger partial charge in [-0.1, -0.05) is 0 Å². The quantitative estimate of drug-likeness (QED) is 0.867. The van der Waals surface area contributed by atoms with Gasteiger partial charge in [-0.25, -0.2) is 0 Å². The van der Waals surface area contributed by atoms with E-state index in [9.17, 15) is 4.79 Å². The molecule has 0 unspecified atom stereocenters. The van der Waals surface area contributed by atoms with Crippen LogP contribution >= 0.6 is 0 Å². The maximum atomic E-state index is 11.6. The Hall–Kier alpha value is -0.861.